The summed E-state index contributed by atoms with van der Waals surface area (Å²) in [5.74, 6) is 1.60. The molecule has 4 rings (SSSR count). The van der Waals surface area contributed by atoms with Crippen molar-refractivity contribution in [1.29, 1.82) is 0 Å². The van der Waals surface area contributed by atoms with Crippen LogP contribution in [0.4, 0.5) is 5.82 Å². The van der Waals surface area contributed by atoms with Crippen molar-refractivity contribution >= 4 is 39.0 Å². The van der Waals surface area contributed by atoms with Gasteiger partial charge in [0.1, 0.15) is 11.6 Å². The highest BCUT2D eigenvalue weighted by molar-refractivity contribution is 7.20. The molecule has 3 heterocycles. The molecule has 5 nitrogen and oxygen atoms in total. The fourth-order valence-electron chi connectivity index (χ4n) is 3.26. The van der Waals surface area contributed by atoms with E-state index in [-0.39, 0.29) is 16.7 Å². The molecule has 1 aliphatic rings. The van der Waals surface area contributed by atoms with E-state index in [1.807, 2.05) is 12.1 Å². The van der Waals surface area contributed by atoms with E-state index in [9.17, 15) is 0 Å². The van der Waals surface area contributed by atoms with E-state index in [1.165, 1.54) is 10.4 Å². The molecule has 0 aromatic carbocycles. The van der Waals surface area contributed by atoms with Crippen LogP contribution >= 0.6 is 22.9 Å². The van der Waals surface area contributed by atoms with Crippen molar-refractivity contribution in [2.45, 2.75) is 44.7 Å². The van der Waals surface area contributed by atoms with E-state index in [0.29, 0.717) is 6.54 Å². The largest absolute Gasteiger partial charge is 0.467 e. The van der Waals surface area contributed by atoms with Gasteiger partial charge in [-0.25, -0.2) is 4.98 Å². The van der Waals surface area contributed by atoms with Crippen LogP contribution in [0.15, 0.2) is 22.8 Å². The zero-order chi connectivity index (χ0) is 16.9. The molecule has 7 heteroatoms. The molecule has 1 fully saturated rings. The van der Waals surface area contributed by atoms with Crippen LogP contribution in [0.5, 0.6) is 0 Å². The lowest BCUT2D eigenvalue weighted by Crippen LogP contribution is -2.31. The van der Waals surface area contributed by atoms with Crippen LogP contribution in [0, 0.1) is 6.92 Å². The van der Waals surface area contributed by atoms with Gasteiger partial charge in [-0.1, -0.05) is 0 Å². The van der Waals surface area contributed by atoms with E-state index >= 15 is 0 Å². The maximum Gasteiger partial charge on any atom is 0.224 e. The number of aromatic nitrogens is 2. The van der Waals surface area contributed by atoms with E-state index in [0.717, 1.165) is 34.6 Å². The Balaban J connectivity index is 1.77. The Hall–Kier alpha value is -1.63. The van der Waals surface area contributed by atoms with Gasteiger partial charge in [0.15, 0.2) is 0 Å². The SMILES string of the molecule is Cc1c(C2([C@H](C)N)CC2)sc2c(NCc3ccco3)nc(Cl)nc12. The highest BCUT2D eigenvalue weighted by Crippen LogP contribution is 2.55. The molecule has 24 heavy (non-hydrogen) atoms. The minimum Gasteiger partial charge on any atom is -0.467 e. The molecule has 0 aliphatic heterocycles. The smallest absolute Gasteiger partial charge is 0.224 e. The van der Waals surface area contributed by atoms with Gasteiger partial charge < -0.3 is 15.5 Å². The molecular formula is C17H19ClN4OS. The minimum atomic E-state index is 0.0974. The second-order valence-corrected chi connectivity index (χ2v) is 7.81. The third-order valence-electron chi connectivity index (χ3n) is 4.86. The fourth-order valence-corrected chi connectivity index (χ4v) is 4.99. The van der Waals surface area contributed by atoms with Gasteiger partial charge in [0.25, 0.3) is 0 Å². The van der Waals surface area contributed by atoms with E-state index < -0.39 is 0 Å². The van der Waals surface area contributed by atoms with Gasteiger partial charge in [-0.05, 0) is 56.0 Å². The van der Waals surface area contributed by atoms with Gasteiger partial charge in [0.2, 0.25) is 5.28 Å². The number of nitrogens with zero attached hydrogens (tertiary/aromatic N) is 2. The molecule has 0 amide bonds. The highest BCUT2D eigenvalue weighted by atomic mass is 35.5. The summed E-state index contributed by atoms with van der Waals surface area (Å²) in [5.41, 5.74) is 8.46. The van der Waals surface area contributed by atoms with E-state index in [2.05, 4.69) is 29.1 Å². The van der Waals surface area contributed by atoms with Crippen molar-refractivity contribution in [3.8, 4) is 0 Å². The first-order valence-corrected chi connectivity index (χ1v) is 9.19. The first-order chi connectivity index (χ1) is 11.5. The Morgan fingerprint density at radius 2 is 2.25 bits per heavy atom. The lowest BCUT2D eigenvalue weighted by atomic mass is 9.94. The summed E-state index contributed by atoms with van der Waals surface area (Å²) in [4.78, 5) is 10.2. The summed E-state index contributed by atoms with van der Waals surface area (Å²) >= 11 is 7.89. The quantitative estimate of drug-likeness (QED) is 0.664. The lowest BCUT2D eigenvalue weighted by Gasteiger charge is -2.18. The number of anilines is 1. The van der Waals surface area contributed by atoms with Crippen LogP contribution in [0.3, 0.4) is 0 Å². The second-order valence-electron chi connectivity index (χ2n) is 6.45. The molecule has 0 bridgehead atoms. The van der Waals surface area contributed by atoms with Gasteiger partial charge in [-0.15, -0.1) is 11.3 Å². The van der Waals surface area contributed by atoms with Crippen LogP contribution in [-0.2, 0) is 12.0 Å². The summed E-state index contributed by atoms with van der Waals surface area (Å²) in [6.07, 6.45) is 3.93. The van der Waals surface area contributed by atoms with Crippen molar-refractivity contribution in [1.82, 2.24) is 9.97 Å². The standard InChI is InChI=1S/C17H19ClN4OS/c1-9-12-13(24-14(9)17(5-6-17)10(2)19)15(22-16(18)21-12)20-8-11-4-3-7-23-11/h3-4,7,10H,5-6,8,19H2,1-2H3,(H,20,21,22)/t10-/m0/s1. The topological polar surface area (TPSA) is 77.0 Å². The van der Waals surface area contributed by atoms with Crippen molar-refractivity contribution in [2.75, 3.05) is 5.32 Å². The van der Waals surface area contributed by atoms with Crippen molar-refractivity contribution < 1.29 is 4.42 Å². The fraction of sp³-hybridized carbons (Fsp3) is 0.412. The Kier molecular flexibility index (Phi) is 3.78. The van der Waals surface area contributed by atoms with E-state index in [4.69, 9.17) is 21.8 Å². The average Bonchev–Trinajstić information content (AvgIpc) is 3.06. The summed E-state index contributed by atoms with van der Waals surface area (Å²) < 4.78 is 6.40. The summed E-state index contributed by atoms with van der Waals surface area (Å²) in [6.45, 7) is 4.75. The molecule has 0 unspecified atom stereocenters. The summed E-state index contributed by atoms with van der Waals surface area (Å²) in [7, 11) is 0. The monoisotopic (exact) mass is 362 g/mol. The van der Waals surface area contributed by atoms with Crippen LogP contribution in [0.2, 0.25) is 5.28 Å². The minimum absolute atomic E-state index is 0.0974. The molecule has 3 aromatic heterocycles. The third kappa shape index (κ3) is 2.49. The first kappa shape index (κ1) is 15.9. The maximum atomic E-state index is 6.26. The Bertz CT molecular complexity index is 884. The zero-order valence-electron chi connectivity index (χ0n) is 13.6. The lowest BCUT2D eigenvalue weighted by molar-refractivity contribution is 0.518. The summed E-state index contributed by atoms with van der Waals surface area (Å²) in [5, 5.41) is 3.57. The van der Waals surface area contributed by atoms with Gasteiger partial charge in [-0.2, -0.15) is 4.98 Å². The van der Waals surface area contributed by atoms with Crippen LogP contribution in [0.25, 0.3) is 10.2 Å². The van der Waals surface area contributed by atoms with Crippen molar-refractivity contribution in [3.63, 3.8) is 0 Å². The van der Waals surface area contributed by atoms with Crippen LogP contribution in [-0.4, -0.2) is 16.0 Å². The Morgan fingerprint density at radius 1 is 1.46 bits per heavy atom. The number of halogens is 1. The number of nitrogens with one attached hydrogen (secondary N) is 1. The van der Waals surface area contributed by atoms with Gasteiger partial charge in [-0.3, -0.25) is 0 Å². The first-order valence-electron chi connectivity index (χ1n) is 8.00. The molecular weight excluding hydrogens is 344 g/mol. The molecule has 126 valence electrons. The van der Waals surface area contributed by atoms with Gasteiger partial charge in [0.05, 0.1) is 23.0 Å². The number of thiophene rings is 1. The number of furan rings is 1. The molecule has 1 saturated carbocycles. The predicted molar refractivity (Wildman–Crippen MR) is 97.8 cm³/mol. The van der Waals surface area contributed by atoms with Crippen molar-refractivity contribution in [2.24, 2.45) is 5.73 Å². The number of hydrogen-bond acceptors (Lipinski definition) is 6. The molecule has 3 N–H and O–H groups in total. The van der Waals surface area contributed by atoms with E-state index in [1.54, 1.807) is 17.6 Å². The second kappa shape index (κ2) is 5.72. The number of aryl methyl sites for hydroxylation is 1. The molecule has 3 aromatic rings. The van der Waals surface area contributed by atoms with Crippen LogP contribution < -0.4 is 11.1 Å². The number of fused-ring (bicyclic) bond motifs is 1. The molecule has 0 spiro atoms. The normalized spacial score (nSPS) is 17.2. The average molecular weight is 363 g/mol. The molecule has 1 aliphatic carbocycles. The highest BCUT2D eigenvalue weighted by Gasteiger charge is 2.49. The Labute approximate surface area is 149 Å². The maximum absolute atomic E-state index is 6.26. The number of nitrogens with two attached hydrogens (primary N) is 1. The third-order valence-corrected chi connectivity index (χ3v) is 6.54. The number of hydrogen-bond donors (Lipinski definition) is 2. The molecule has 1 atom stereocenters. The van der Waals surface area contributed by atoms with Crippen molar-refractivity contribution in [3.05, 3.63) is 39.9 Å². The molecule has 0 saturated heterocycles. The predicted octanol–water partition coefficient (Wildman–Crippen LogP) is 4.24. The summed E-state index contributed by atoms with van der Waals surface area (Å²) in [6, 6.07) is 3.92. The van der Waals surface area contributed by atoms with Gasteiger partial charge in [0, 0.05) is 16.3 Å². The molecule has 0 radical (unpaired) electrons. The number of rotatable bonds is 5. The zero-order valence-corrected chi connectivity index (χ0v) is 15.2. The van der Waals surface area contributed by atoms with Gasteiger partial charge >= 0.3 is 0 Å². The van der Waals surface area contributed by atoms with Crippen LogP contribution in [0.1, 0.15) is 36.0 Å². The Morgan fingerprint density at radius 3 is 2.88 bits per heavy atom.